The Morgan fingerprint density at radius 3 is 2.39 bits per heavy atom. The molecule has 0 radical (unpaired) electrons. The highest BCUT2D eigenvalue weighted by Crippen LogP contribution is 2.29. The molecular formula is C25H27N5S. The van der Waals surface area contributed by atoms with Gasteiger partial charge in [0.1, 0.15) is 6.07 Å². The number of hydrogen-bond donors (Lipinski definition) is 1. The lowest BCUT2D eigenvalue weighted by Gasteiger charge is -2.19. The molecule has 1 aromatic carbocycles. The van der Waals surface area contributed by atoms with E-state index in [4.69, 9.17) is 5.10 Å². The topological polar surface area (TPSA) is 66.0 Å². The van der Waals surface area contributed by atoms with Crippen LogP contribution in [-0.4, -0.2) is 14.6 Å². The van der Waals surface area contributed by atoms with Crippen molar-refractivity contribution in [1.82, 2.24) is 14.6 Å². The summed E-state index contributed by atoms with van der Waals surface area (Å²) in [5, 5.41) is 14.3. The quantitative estimate of drug-likeness (QED) is 0.365. The Morgan fingerprint density at radius 1 is 1.03 bits per heavy atom. The molecule has 0 fully saturated rings. The van der Waals surface area contributed by atoms with Crippen molar-refractivity contribution in [3.8, 4) is 17.3 Å². The zero-order valence-electron chi connectivity index (χ0n) is 18.5. The summed E-state index contributed by atoms with van der Waals surface area (Å²) >= 11 is 1.47. The maximum absolute atomic E-state index is 9.57. The lowest BCUT2D eigenvalue weighted by Crippen LogP contribution is -2.10. The predicted octanol–water partition coefficient (Wildman–Crippen LogP) is 6.71. The highest BCUT2D eigenvalue weighted by Gasteiger charge is 2.14. The van der Waals surface area contributed by atoms with Crippen molar-refractivity contribution in [3.63, 3.8) is 0 Å². The number of anilines is 1. The first-order valence-electron chi connectivity index (χ1n) is 10.3. The minimum Gasteiger partial charge on any atom is -0.309 e. The molecule has 4 aromatic rings. The largest absolute Gasteiger partial charge is 0.309 e. The number of benzene rings is 1. The molecule has 0 bridgehead atoms. The van der Waals surface area contributed by atoms with Gasteiger partial charge in [-0.2, -0.15) is 10.4 Å². The van der Waals surface area contributed by atoms with Crippen molar-refractivity contribution < 1.29 is 0 Å². The average Bonchev–Trinajstić information content (AvgIpc) is 3.23. The fraction of sp³-hybridized carbons (Fsp3) is 0.240. The van der Waals surface area contributed by atoms with Crippen LogP contribution in [0.4, 0.5) is 5.82 Å². The van der Waals surface area contributed by atoms with E-state index in [1.54, 1.807) is 16.9 Å². The molecular weight excluding hydrogens is 402 g/mol. The first-order valence-corrected chi connectivity index (χ1v) is 11.1. The molecule has 0 saturated heterocycles. The Kier molecular flexibility index (Phi) is 6.98. The van der Waals surface area contributed by atoms with Crippen LogP contribution in [0.15, 0.2) is 71.9 Å². The number of nitriles is 1. The summed E-state index contributed by atoms with van der Waals surface area (Å²) in [6, 6.07) is 20.3. The highest BCUT2D eigenvalue weighted by molar-refractivity contribution is 8.00. The van der Waals surface area contributed by atoms with E-state index in [1.807, 2.05) is 44.2 Å². The van der Waals surface area contributed by atoms with Gasteiger partial charge in [0.05, 0.1) is 16.8 Å². The van der Waals surface area contributed by atoms with Crippen molar-refractivity contribution in [3.05, 3.63) is 78.1 Å². The zero-order valence-corrected chi connectivity index (χ0v) is 19.4. The first-order chi connectivity index (χ1) is 15.0. The Balaban J connectivity index is 0.00000132. The monoisotopic (exact) mass is 429 g/mol. The second kappa shape index (κ2) is 9.67. The third-order valence-electron chi connectivity index (χ3n) is 4.69. The molecule has 1 N–H and O–H groups in total. The molecule has 3 heterocycles. The van der Waals surface area contributed by atoms with Gasteiger partial charge >= 0.3 is 0 Å². The minimum atomic E-state index is 0.119. The molecule has 4 rings (SSSR count). The normalized spacial score (nSPS) is 10.8. The number of nitrogens with one attached hydrogen (secondary N) is 1. The third kappa shape index (κ3) is 5.07. The molecule has 31 heavy (non-hydrogen) atoms. The third-order valence-corrected chi connectivity index (χ3v) is 5.49. The van der Waals surface area contributed by atoms with E-state index in [1.165, 1.54) is 17.5 Å². The summed E-state index contributed by atoms with van der Waals surface area (Å²) in [4.78, 5) is 5.23. The summed E-state index contributed by atoms with van der Waals surface area (Å²) < 4.78 is 5.10. The van der Waals surface area contributed by atoms with Gasteiger partial charge in [0.15, 0.2) is 5.82 Å². The van der Waals surface area contributed by atoms with Crippen molar-refractivity contribution in [1.29, 1.82) is 5.26 Å². The number of hydrogen-bond acceptors (Lipinski definition) is 5. The minimum absolute atomic E-state index is 0.119. The molecule has 0 atom stereocenters. The van der Waals surface area contributed by atoms with Gasteiger partial charge in [0.2, 0.25) is 0 Å². The van der Waals surface area contributed by atoms with Gasteiger partial charge < -0.3 is 4.72 Å². The molecule has 0 unspecified atom stereocenters. The van der Waals surface area contributed by atoms with Crippen LogP contribution in [0.3, 0.4) is 0 Å². The Labute approximate surface area is 188 Å². The first kappa shape index (κ1) is 22.4. The van der Waals surface area contributed by atoms with Gasteiger partial charge in [0.25, 0.3) is 0 Å². The number of fused-ring (bicyclic) bond motifs is 1. The van der Waals surface area contributed by atoms with Crippen molar-refractivity contribution in [2.45, 2.75) is 44.9 Å². The maximum Gasteiger partial charge on any atom is 0.156 e. The van der Waals surface area contributed by atoms with Crippen LogP contribution in [-0.2, 0) is 5.41 Å². The van der Waals surface area contributed by atoms with E-state index in [2.05, 4.69) is 60.8 Å². The van der Waals surface area contributed by atoms with E-state index < -0.39 is 0 Å². The highest BCUT2D eigenvalue weighted by atomic mass is 32.2. The Morgan fingerprint density at radius 2 is 1.77 bits per heavy atom. The van der Waals surface area contributed by atoms with Crippen LogP contribution in [0.1, 0.15) is 45.7 Å². The van der Waals surface area contributed by atoms with Gasteiger partial charge in [-0.25, -0.2) is 4.52 Å². The summed E-state index contributed by atoms with van der Waals surface area (Å²) in [5.41, 5.74) is 4.61. The molecule has 6 heteroatoms. The van der Waals surface area contributed by atoms with Crippen LogP contribution in [0.25, 0.3) is 16.8 Å². The van der Waals surface area contributed by atoms with Crippen LogP contribution in [0.5, 0.6) is 0 Å². The van der Waals surface area contributed by atoms with Crippen LogP contribution < -0.4 is 4.72 Å². The van der Waals surface area contributed by atoms with Gasteiger partial charge in [0, 0.05) is 22.9 Å². The second-order valence-electron chi connectivity index (χ2n) is 7.79. The van der Waals surface area contributed by atoms with Gasteiger partial charge in [-0.3, -0.25) is 4.98 Å². The van der Waals surface area contributed by atoms with Crippen LogP contribution in [0.2, 0.25) is 0 Å². The fourth-order valence-corrected chi connectivity index (χ4v) is 3.71. The molecule has 3 aromatic heterocycles. The van der Waals surface area contributed by atoms with Crippen LogP contribution >= 0.6 is 11.9 Å². The Bertz CT molecular complexity index is 1180. The van der Waals surface area contributed by atoms with Crippen molar-refractivity contribution in [2.24, 2.45) is 0 Å². The van der Waals surface area contributed by atoms with E-state index >= 15 is 0 Å². The van der Waals surface area contributed by atoms with E-state index in [0.29, 0.717) is 11.4 Å². The Hall–Kier alpha value is -3.30. The SMILES string of the molecule is CC.CC(C)(C)c1ccc(SNc2c(C#N)ccc3cc(-c4cccnc4)nn23)cc1. The molecule has 0 spiro atoms. The average molecular weight is 430 g/mol. The van der Waals surface area contributed by atoms with E-state index in [-0.39, 0.29) is 5.41 Å². The van der Waals surface area contributed by atoms with E-state index in [0.717, 1.165) is 21.7 Å². The van der Waals surface area contributed by atoms with Gasteiger partial charge in [-0.15, -0.1) is 0 Å². The summed E-state index contributed by atoms with van der Waals surface area (Å²) in [6.07, 6.45) is 3.52. The zero-order chi connectivity index (χ0) is 22.4. The second-order valence-corrected chi connectivity index (χ2v) is 8.67. The van der Waals surface area contributed by atoms with Crippen LogP contribution in [0, 0.1) is 11.3 Å². The smallest absolute Gasteiger partial charge is 0.156 e. The summed E-state index contributed by atoms with van der Waals surface area (Å²) in [6.45, 7) is 10.6. The number of pyridine rings is 2. The fourth-order valence-electron chi connectivity index (χ4n) is 3.03. The lowest BCUT2D eigenvalue weighted by molar-refractivity contribution is 0.590. The standard InChI is InChI=1S/C23H21N5S.C2H6/c1-23(2,3)18-7-10-20(11-8-18)29-27-22-16(14-24)6-9-19-13-21(26-28(19)22)17-5-4-12-25-15-17;1-2/h4-13,15,27H,1-3H3;1-2H3. The molecule has 0 saturated carbocycles. The van der Waals surface area contributed by atoms with Crippen molar-refractivity contribution >= 4 is 23.3 Å². The van der Waals surface area contributed by atoms with Gasteiger partial charge in [-0.05, 0) is 65.4 Å². The predicted molar refractivity (Wildman–Crippen MR) is 129 cm³/mol. The molecule has 5 nitrogen and oxygen atoms in total. The van der Waals surface area contributed by atoms with Gasteiger partial charge in [-0.1, -0.05) is 46.8 Å². The summed E-state index contributed by atoms with van der Waals surface area (Å²) in [5.74, 6) is 0.657. The number of rotatable bonds is 4. The molecule has 0 amide bonds. The summed E-state index contributed by atoms with van der Waals surface area (Å²) in [7, 11) is 0. The van der Waals surface area contributed by atoms with E-state index in [9.17, 15) is 5.26 Å². The number of aromatic nitrogens is 3. The lowest BCUT2D eigenvalue weighted by atomic mass is 9.87. The molecule has 0 aliphatic rings. The molecule has 0 aliphatic heterocycles. The number of nitrogens with zero attached hydrogens (tertiary/aromatic N) is 4. The van der Waals surface area contributed by atoms with Crippen molar-refractivity contribution in [2.75, 3.05) is 4.72 Å². The molecule has 0 aliphatic carbocycles. The maximum atomic E-state index is 9.57. The molecule has 158 valence electrons.